The highest BCUT2D eigenvalue weighted by Gasteiger charge is 2.15. The first-order chi connectivity index (χ1) is 9.20. The second-order valence-corrected chi connectivity index (χ2v) is 5.35. The number of aryl methyl sites for hydroxylation is 2. The van der Waals surface area contributed by atoms with Gasteiger partial charge >= 0.3 is 0 Å². The second kappa shape index (κ2) is 6.60. The molecule has 1 saturated heterocycles. The highest BCUT2D eigenvalue weighted by molar-refractivity contribution is 5.80. The molecular weight excluding hydrogens is 234 g/mol. The summed E-state index contributed by atoms with van der Waals surface area (Å²) in [6.07, 6.45) is 3.63. The normalized spacial score (nSPS) is 15.9. The summed E-state index contributed by atoms with van der Waals surface area (Å²) in [7, 11) is 1.87. The lowest BCUT2D eigenvalue weighted by molar-refractivity contribution is 0.494. The highest BCUT2D eigenvalue weighted by Crippen LogP contribution is 2.11. The Morgan fingerprint density at radius 2 is 2.00 bits per heavy atom. The van der Waals surface area contributed by atoms with E-state index in [4.69, 9.17) is 0 Å². The summed E-state index contributed by atoms with van der Waals surface area (Å²) in [5.74, 6) is 1.06. The van der Waals surface area contributed by atoms with Crippen LogP contribution in [-0.4, -0.2) is 37.5 Å². The van der Waals surface area contributed by atoms with E-state index in [1.54, 1.807) is 0 Å². The summed E-state index contributed by atoms with van der Waals surface area (Å²) in [5.41, 5.74) is 4.15. The third kappa shape index (κ3) is 3.72. The zero-order valence-electron chi connectivity index (χ0n) is 12.4. The molecule has 0 aromatic heterocycles. The first kappa shape index (κ1) is 13.9. The zero-order chi connectivity index (χ0) is 13.7. The van der Waals surface area contributed by atoms with Crippen LogP contribution in [0.3, 0.4) is 0 Å². The fourth-order valence-corrected chi connectivity index (χ4v) is 2.70. The van der Waals surface area contributed by atoms with E-state index in [0.717, 1.165) is 32.0 Å². The Hall–Kier alpha value is -1.51. The Kier molecular flexibility index (Phi) is 4.83. The predicted molar refractivity (Wildman–Crippen MR) is 81.8 cm³/mol. The SMILES string of the molecule is CN=C(NCCc1ccc(C)cc1C)N1CCCC1. The van der Waals surface area contributed by atoms with E-state index >= 15 is 0 Å². The molecule has 19 heavy (non-hydrogen) atoms. The Labute approximate surface area is 116 Å². The van der Waals surface area contributed by atoms with Crippen LogP contribution in [0.5, 0.6) is 0 Å². The van der Waals surface area contributed by atoms with E-state index in [9.17, 15) is 0 Å². The minimum Gasteiger partial charge on any atom is -0.356 e. The number of nitrogens with one attached hydrogen (secondary N) is 1. The van der Waals surface area contributed by atoms with Gasteiger partial charge in [-0.3, -0.25) is 4.99 Å². The topological polar surface area (TPSA) is 27.6 Å². The summed E-state index contributed by atoms with van der Waals surface area (Å²) in [5, 5.41) is 3.48. The molecule has 0 bridgehead atoms. The van der Waals surface area contributed by atoms with Gasteiger partial charge in [0.25, 0.3) is 0 Å². The monoisotopic (exact) mass is 259 g/mol. The van der Waals surface area contributed by atoms with Gasteiger partial charge in [-0.15, -0.1) is 0 Å². The minimum absolute atomic E-state index is 0.951. The summed E-state index contributed by atoms with van der Waals surface area (Å²) < 4.78 is 0. The van der Waals surface area contributed by atoms with E-state index in [0.29, 0.717) is 0 Å². The fraction of sp³-hybridized carbons (Fsp3) is 0.562. The molecule has 0 amide bonds. The molecule has 2 rings (SSSR count). The van der Waals surface area contributed by atoms with Crippen LogP contribution < -0.4 is 5.32 Å². The van der Waals surface area contributed by atoms with Crippen molar-refractivity contribution in [1.82, 2.24) is 10.2 Å². The van der Waals surface area contributed by atoms with Gasteiger partial charge in [-0.25, -0.2) is 0 Å². The molecule has 1 aliphatic rings. The molecule has 1 N–H and O–H groups in total. The number of benzene rings is 1. The van der Waals surface area contributed by atoms with Crippen molar-refractivity contribution >= 4 is 5.96 Å². The number of rotatable bonds is 3. The molecular formula is C16H25N3. The van der Waals surface area contributed by atoms with Gasteiger partial charge in [0.1, 0.15) is 0 Å². The van der Waals surface area contributed by atoms with Crippen molar-refractivity contribution in [2.75, 3.05) is 26.7 Å². The number of nitrogens with zero attached hydrogens (tertiary/aromatic N) is 2. The second-order valence-electron chi connectivity index (χ2n) is 5.35. The molecule has 1 aromatic carbocycles. The van der Waals surface area contributed by atoms with E-state index in [1.807, 2.05) is 7.05 Å². The quantitative estimate of drug-likeness (QED) is 0.667. The molecule has 0 radical (unpaired) electrons. The van der Waals surface area contributed by atoms with Crippen LogP contribution in [0.1, 0.15) is 29.5 Å². The molecule has 1 aromatic rings. The average molecular weight is 259 g/mol. The van der Waals surface area contributed by atoms with E-state index in [-0.39, 0.29) is 0 Å². The molecule has 1 aliphatic heterocycles. The lowest BCUT2D eigenvalue weighted by atomic mass is 10.0. The molecule has 0 atom stereocenters. The van der Waals surface area contributed by atoms with Crippen LogP contribution in [0, 0.1) is 13.8 Å². The van der Waals surface area contributed by atoms with Crippen LogP contribution in [0.25, 0.3) is 0 Å². The lowest BCUT2D eigenvalue weighted by Crippen LogP contribution is -2.40. The van der Waals surface area contributed by atoms with E-state index < -0.39 is 0 Å². The number of hydrogen-bond donors (Lipinski definition) is 1. The molecule has 104 valence electrons. The molecule has 3 heteroatoms. The van der Waals surface area contributed by atoms with Gasteiger partial charge in [0, 0.05) is 26.7 Å². The molecule has 0 unspecified atom stereocenters. The van der Waals surface area contributed by atoms with Crippen LogP contribution in [0.15, 0.2) is 23.2 Å². The van der Waals surface area contributed by atoms with Crippen molar-refractivity contribution in [2.45, 2.75) is 33.1 Å². The van der Waals surface area contributed by atoms with E-state index in [2.05, 4.69) is 47.3 Å². The molecule has 0 aliphatic carbocycles. The van der Waals surface area contributed by atoms with Crippen molar-refractivity contribution < 1.29 is 0 Å². The maximum Gasteiger partial charge on any atom is 0.193 e. The number of aliphatic imine (C=N–C) groups is 1. The Morgan fingerprint density at radius 1 is 1.26 bits per heavy atom. The van der Waals surface area contributed by atoms with Crippen molar-refractivity contribution in [3.63, 3.8) is 0 Å². The van der Waals surface area contributed by atoms with Gasteiger partial charge in [-0.1, -0.05) is 23.8 Å². The smallest absolute Gasteiger partial charge is 0.193 e. The van der Waals surface area contributed by atoms with Gasteiger partial charge < -0.3 is 10.2 Å². The maximum absolute atomic E-state index is 4.37. The lowest BCUT2D eigenvalue weighted by Gasteiger charge is -2.21. The van der Waals surface area contributed by atoms with Crippen LogP contribution in [-0.2, 0) is 6.42 Å². The standard InChI is InChI=1S/C16H25N3/c1-13-6-7-15(14(2)12-13)8-9-18-16(17-3)19-10-4-5-11-19/h6-7,12H,4-5,8-11H2,1-3H3,(H,17,18). The Balaban J connectivity index is 1.85. The maximum atomic E-state index is 4.37. The fourth-order valence-electron chi connectivity index (χ4n) is 2.70. The number of guanidine groups is 1. The number of hydrogen-bond acceptors (Lipinski definition) is 1. The average Bonchev–Trinajstić information content (AvgIpc) is 2.90. The van der Waals surface area contributed by atoms with E-state index in [1.165, 1.54) is 29.5 Å². The van der Waals surface area contributed by atoms with Crippen LogP contribution >= 0.6 is 0 Å². The molecule has 0 spiro atoms. The molecule has 0 saturated carbocycles. The van der Waals surface area contributed by atoms with Gasteiger partial charge in [0.2, 0.25) is 0 Å². The minimum atomic E-state index is 0.951. The Morgan fingerprint density at radius 3 is 2.63 bits per heavy atom. The summed E-state index contributed by atoms with van der Waals surface area (Å²) in [4.78, 5) is 6.72. The van der Waals surface area contributed by atoms with Crippen LogP contribution in [0.2, 0.25) is 0 Å². The number of likely N-dealkylation sites (tertiary alicyclic amines) is 1. The van der Waals surface area contributed by atoms with Gasteiger partial charge in [0.15, 0.2) is 5.96 Å². The highest BCUT2D eigenvalue weighted by atomic mass is 15.3. The Bertz CT molecular complexity index is 445. The van der Waals surface area contributed by atoms with Crippen molar-refractivity contribution in [1.29, 1.82) is 0 Å². The third-order valence-corrected chi connectivity index (χ3v) is 3.79. The predicted octanol–water partition coefficient (Wildman–Crippen LogP) is 2.52. The third-order valence-electron chi connectivity index (χ3n) is 3.79. The zero-order valence-corrected chi connectivity index (χ0v) is 12.4. The van der Waals surface area contributed by atoms with Crippen molar-refractivity contribution in [2.24, 2.45) is 4.99 Å². The first-order valence-corrected chi connectivity index (χ1v) is 7.22. The molecule has 3 nitrogen and oxygen atoms in total. The summed E-state index contributed by atoms with van der Waals surface area (Å²) >= 11 is 0. The van der Waals surface area contributed by atoms with Crippen molar-refractivity contribution in [3.05, 3.63) is 34.9 Å². The van der Waals surface area contributed by atoms with Gasteiger partial charge in [-0.2, -0.15) is 0 Å². The summed E-state index contributed by atoms with van der Waals surface area (Å²) in [6.45, 7) is 7.57. The first-order valence-electron chi connectivity index (χ1n) is 7.22. The largest absolute Gasteiger partial charge is 0.356 e. The van der Waals surface area contributed by atoms with Crippen LogP contribution in [0.4, 0.5) is 0 Å². The van der Waals surface area contributed by atoms with Gasteiger partial charge in [0.05, 0.1) is 0 Å². The van der Waals surface area contributed by atoms with Crippen molar-refractivity contribution in [3.8, 4) is 0 Å². The molecule has 1 fully saturated rings. The van der Waals surface area contributed by atoms with Gasteiger partial charge in [-0.05, 0) is 44.2 Å². The molecule has 1 heterocycles. The summed E-state index contributed by atoms with van der Waals surface area (Å²) in [6, 6.07) is 6.69.